The van der Waals surface area contributed by atoms with Gasteiger partial charge in [0.25, 0.3) is 0 Å². The van der Waals surface area contributed by atoms with E-state index in [1.807, 2.05) is 18.7 Å². The minimum atomic E-state index is 1.03. The van der Waals surface area contributed by atoms with Gasteiger partial charge in [0, 0.05) is 28.4 Å². The third kappa shape index (κ3) is 2.51. The van der Waals surface area contributed by atoms with Gasteiger partial charge in [-0.1, -0.05) is 0 Å². The standard InChI is InChI=1S/C8H16N3S2/c1-5-11(6-2)8-9-7(10(3)4)12-13-8/h5-6H2,1-4H3/q+1. The summed E-state index contributed by atoms with van der Waals surface area (Å²) in [5.74, 6) is 0. The van der Waals surface area contributed by atoms with Gasteiger partial charge in [-0.3, -0.25) is 4.58 Å². The van der Waals surface area contributed by atoms with E-state index in [1.54, 1.807) is 20.7 Å². The number of nitrogens with zero attached hydrogens (tertiary/aromatic N) is 3. The molecule has 1 aromatic heterocycles. The topological polar surface area (TPSA) is 19.1 Å². The first-order chi connectivity index (χ1) is 6.19. The Morgan fingerprint density at radius 1 is 1.23 bits per heavy atom. The molecule has 0 radical (unpaired) electrons. The SMILES string of the molecule is CCN(CC)c1nc(=[N+](C)C)ss1. The minimum absolute atomic E-state index is 1.03. The Morgan fingerprint density at radius 2 is 1.85 bits per heavy atom. The summed E-state index contributed by atoms with van der Waals surface area (Å²) < 4.78 is 2.05. The van der Waals surface area contributed by atoms with Gasteiger partial charge in [-0.25, -0.2) is 0 Å². The van der Waals surface area contributed by atoms with E-state index in [0.717, 1.165) is 23.0 Å². The maximum atomic E-state index is 4.54. The van der Waals surface area contributed by atoms with E-state index in [4.69, 9.17) is 0 Å². The molecular formula is C8H16N3S2+. The van der Waals surface area contributed by atoms with Crippen molar-refractivity contribution in [3.63, 3.8) is 0 Å². The Hall–Kier alpha value is -0.420. The molecular weight excluding hydrogens is 202 g/mol. The van der Waals surface area contributed by atoms with Crippen LogP contribution < -0.4 is 14.3 Å². The molecule has 0 aliphatic heterocycles. The lowest BCUT2D eigenvalue weighted by Gasteiger charge is -2.12. The molecule has 74 valence electrons. The van der Waals surface area contributed by atoms with Crippen molar-refractivity contribution in [3.8, 4) is 0 Å². The monoisotopic (exact) mass is 218 g/mol. The molecule has 1 heterocycles. The van der Waals surface area contributed by atoms with Crippen molar-refractivity contribution < 1.29 is 0 Å². The van der Waals surface area contributed by atoms with E-state index in [-0.39, 0.29) is 0 Å². The van der Waals surface area contributed by atoms with E-state index in [1.165, 1.54) is 0 Å². The first kappa shape index (κ1) is 10.7. The molecule has 0 unspecified atom stereocenters. The normalized spacial score (nSPS) is 10.2. The summed E-state index contributed by atoms with van der Waals surface area (Å²) in [5, 5.41) is 1.14. The highest BCUT2D eigenvalue weighted by Gasteiger charge is 2.13. The first-order valence-corrected chi connectivity index (χ1v) is 6.56. The van der Waals surface area contributed by atoms with Crippen LogP contribution in [-0.2, 0) is 0 Å². The molecule has 3 nitrogen and oxygen atoms in total. The van der Waals surface area contributed by atoms with Gasteiger partial charge < -0.3 is 4.90 Å². The zero-order chi connectivity index (χ0) is 9.84. The summed E-state index contributed by atoms with van der Waals surface area (Å²) in [6.45, 7) is 6.38. The largest absolute Gasteiger partial charge is 0.390 e. The summed E-state index contributed by atoms with van der Waals surface area (Å²) in [6.07, 6.45) is 0. The van der Waals surface area contributed by atoms with Gasteiger partial charge in [-0.05, 0) is 24.2 Å². The van der Waals surface area contributed by atoms with Gasteiger partial charge in [0.1, 0.15) is 0 Å². The van der Waals surface area contributed by atoms with Gasteiger partial charge in [0.2, 0.25) is 0 Å². The van der Waals surface area contributed by atoms with Gasteiger partial charge in [-0.2, -0.15) is 0 Å². The molecule has 0 aliphatic carbocycles. The fourth-order valence-corrected chi connectivity index (χ4v) is 3.39. The van der Waals surface area contributed by atoms with Crippen LogP contribution in [0.1, 0.15) is 13.8 Å². The lowest BCUT2D eigenvalue weighted by atomic mass is 10.6. The smallest absolute Gasteiger partial charge is 0.327 e. The lowest BCUT2D eigenvalue weighted by Crippen LogP contribution is -2.25. The number of aromatic nitrogens is 1. The Balaban J connectivity index is 2.97. The fraction of sp³-hybridized carbons (Fsp3) is 0.750. The Labute approximate surface area is 86.4 Å². The van der Waals surface area contributed by atoms with Crippen molar-refractivity contribution in [2.75, 3.05) is 32.1 Å². The highest BCUT2D eigenvalue weighted by molar-refractivity contribution is 7.69. The second-order valence-corrected chi connectivity index (χ2v) is 4.97. The van der Waals surface area contributed by atoms with Crippen LogP contribution in [0.4, 0.5) is 5.13 Å². The fourth-order valence-electron chi connectivity index (χ4n) is 0.986. The molecule has 5 heteroatoms. The van der Waals surface area contributed by atoms with Crippen molar-refractivity contribution in [2.24, 2.45) is 0 Å². The predicted octanol–water partition coefficient (Wildman–Crippen LogP) is 1.08. The second kappa shape index (κ2) is 4.72. The average Bonchev–Trinajstić information content (AvgIpc) is 2.56. The van der Waals surface area contributed by atoms with Crippen LogP contribution in [0.5, 0.6) is 0 Å². The van der Waals surface area contributed by atoms with E-state index in [0.29, 0.717) is 0 Å². The maximum absolute atomic E-state index is 4.54. The highest BCUT2D eigenvalue weighted by Crippen LogP contribution is 2.17. The van der Waals surface area contributed by atoms with E-state index in [9.17, 15) is 0 Å². The quantitative estimate of drug-likeness (QED) is 0.558. The number of rotatable bonds is 3. The number of hydrogen-bond donors (Lipinski definition) is 0. The number of anilines is 1. The van der Waals surface area contributed by atoms with Crippen LogP contribution in [0.25, 0.3) is 0 Å². The zero-order valence-corrected chi connectivity index (χ0v) is 10.2. The van der Waals surface area contributed by atoms with Gasteiger partial charge >= 0.3 is 9.93 Å². The average molecular weight is 218 g/mol. The van der Waals surface area contributed by atoms with Crippen LogP contribution >= 0.6 is 20.7 Å². The molecule has 1 rings (SSSR count). The van der Waals surface area contributed by atoms with Crippen LogP contribution in [0.15, 0.2) is 0 Å². The van der Waals surface area contributed by atoms with Gasteiger partial charge in [0.15, 0.2) is 0 Å². The van der Waals surface area contributed by atoms with Crippen molar-refractivity contribution in [2.45, 2.75) is 13.8 Å². The van der Waals surface area contributed by atoms with E-state index >= 15 is 0 Å². The molecule has 0 bridgehead atoms. The van der Waals surface area contributed by atoms with Crippen LogP contribution in [0.2, 0.25) is 0 Å². The summed E-state index contributed by atoms with van der Waals surface area (Å²) >= 11 is 0. The summed E-state index contributed by atoms with van der Waals surface area (Å²) in [4.78, 5) is 7.90. The van der Waals surface area contributed by atoms with Crippen LogP contribution in [-0.4, -0.2) is 32.2 Å². The summed E-state index contributed by atoms with van der Waals surface area (Å²) in [5.41, 5.74) is 0. The molecule has 1 aromatic rings. The molecule has 0 amide bonds. The molecule has 13 heavy (non-hydrogen) atoms. The molecule has 0 aliphatic rings. The molecule has 0 saturated carbocycles. The Bertz CT molecular complexity index is 318. The van der Waals surface area contributed by atoms with Crippen molar-refractivity contribution in [1.29, 1.82) is 0 Å². The van der Waals surface area contributed by atoms with Gasteiger partial charge in [-0.15, -0.1) is 0 Å². The molecule has 0 aromatic carbocycles. The predicted molar refractivity (Wildman–Crippen MR) is 60.7 cm³/mol. The van der Waals surface area contributed by atoms with Crippen LogP contribution in [0, 0.1) is 0 Å². The maximum Gasteiger partial charge on any atom is 0.390 e. The van der Waals surface area contributed by atoms with Crippen molar-refractivity contribution in [1.82, 2.24) is 9.56 Å². The van der Waals surface area contributed by atoms with Gasteiger partial charge in [0.05, 0.1) is 14.1 Å². The molecule has 0 atom stereocenters. The third-order valence-electron chi connectivity index (χ3n) is 1.80. The van der Waals surface area contributed by atoms with Crippen LogP contribution in [0.3, 0.4) is 0 Å². The van der Waals surface area contributed by atoms with E-state index in [2.05, 4.69) is 23.7 Å². The van der Waals surface area contributed by atoms with E-state index < -0.39 is 0 Å². The lowest BCUT2D eigenvalue weighted by molar-refractivity contribution is 0.791. The second-order valence-electron chi connectivity index (χ2n) is 2.91. The Morgan fingerprint density at radius 3 is 2.23 bits per heavy atom. The minimum Gasteiger partial charge on any atom is -0.327 e. The van der Waals surface area contributed by atoms with Crippen molar-refractivity contribution >= 4 is 25.8 Å². The zero-order valence-electron chi connectivity index (χ0n) is 8.57. The summed E-state index contributed by atoms with van der Waals surface area (Å²) in [7, 11) is 7.53. The Kier molecular flexibility index (Phi) is 3.87. The molecule has 0 saturated heterocycles. The molecule has 0 N–H and O–H groups in total. The van der Waals surface area contributed by atoms with Crippen molar-refractivity contribution in [3.05, 3.63) is 4.80 Å². The number of hydrogen-bond acceptors (Lipinski definition) is 4. The molecule has 0 spiro atoms. The highest BCUT2D eigenvalue weighted by atomic mass is 32.9. The third-order valence-corrected chi connectivity index (χ3v) is 4.13. The first-order valence-electron chi connectivity index (χ1n) is 4.41. The summed E-state index contributed by atoms with van der Waals surface area (Å²) in [6, 6.07) is 0. The molecule has 0 fully saturated rings.